The van der Waals surface area contributed by atoms with Crippen LogP contribution in [0.2, 0.25) is 0 Å². The lowest BCUT2D eigenvalue weighted by molar-refractivity contribution is -0.126. The number of carbonyl (C=O) groups excluding carboxylic acids is 2. The molecule has 0 saturated carbocycles. The van der Waals surface area contributed by atoms with E-state index in [0.29, 0.717) is 25.9 Å². The van der Waals surface area contributed by atoms with Crippen molar-refractivity contribution in [1.82, 2.24) is 14.8 Å². The van der Waals surface area contributed by atoms with Crippen LogP contribution in [-0.4, -0.2) is 34.4 Å². The van der Waals surface area contributed by atoms with Crippen LogP contribution in [-0.2, 0) is 4.79 Å². The molecule has 1 aliphatic heterocycles. The third-order valence-corrected chi connectivity index (χ3v) is 7.52. The van der Waals surface area contributed by atoms with Gasteiger partial charge >= 0.3 is 0 Å². The zero-order chi connectivity index (χ0) is 22.8. The number of amides is 2. The fraction of sp³-hybridized carbons (Fsp3) is 0.259. The number of para-hydroxylation sites is 1. The zero-order valence-electron chi connectivity index (χ0n) is 18.6. The number of aromatic nitrogens is 1. The quantitative estimate of drug-likeness (QED) is 0.435. The van der Waals surface area contributed by atoms with E-state index in [1.54, 1.807) is 0 Å². The monoisotopic (exact) mass is 457 g/mol. The number of hydrogen-bond donors (Lipinski definition) is 1. The lowest BCUT2D eigenvalue weighted by Gasteiger charge is -2.31. The standard InChI is InChI=1S/C27H27N3O2S/c1-19(20-7-3-2-4-8-20)28-26(31)22-13-16-29(17-14-22)27(32)24-11-12-25(33-24)30-18-15-21-9-5-6-10-23(21)30/h2-12,15,18-19,22H,13-14,16-17H2,1H3,(H,28,31)/t19-/m0/s1. The van der Waals surface area contributed by atoms with Gasteiger partial charge in [0.2, 0.25) is 5.91 Å². The minimum absolute atomic E-state index is 0.0207. The lowest BCUT2D eigenvalue weighted by Crippen LogP contribution is -2.43. The first-order valence-electron chi connectivity index (χ1n) is 11.4. The fourth-order valence-electron chi connectivity index (χ4n) is 4.50. The topological polar surface area (TPSA) is 54.3 Å². The lowest BCUT2D eigenvalue weighted by atomic mass is 9.95. The van der Waals surface area contributed by atoms with Crippen LogP contribution in [0.5, 0.6) is 0 Å². The van der Waals surface area contributed by atoms with Gasteiger partial charge in [-0.1, -0.05) is 48.5 Å². The molecule has 2 aromatic heterocycles. The molecule has 0 radical (unpaired) electrons. The van der Waals surface area contributed by atoms with E-state index in [2.05, 4.69) is 28.1 Å². The van der Waals surface area contributed by atoms with Gasteiger partial charge in [-0.2, -0.15) is 0 Å². The maximum Gasteiger partial charge on any atom is 0.263 e. The molecule has 6 heteroatoms. The number of hydrogen-bond acceptors (Lipinski definition) is 3. The van der Waals surface area contributed by atoms with Gasteiger partial charge in [0.15, 0.2) is 0 Å². The molecule has 3 heterocycles. The second kappa shape index (κ2) is 9.24. The van der Waals surface area contributed by atoms with Crippen LogP contribution in [0.25, 0.3) is 15.9 Å². The summed E-state index contributed by atoms with van der Waals surface area (Å²) >= 11 is 1.51. The maximum atomic E-state index is 13.1. The van der Waals surface area contributed by atoms with E-state index in [0.717, 1.165) is 21.0 Å². The van der Waals surface area contributed by atoms with Crippen molar-refractivity contribution < 1.29 is 9.59 Å². The molecule has 2 amide bonds. The molecule has 33 heavy (non-hydrogen) atoms. The molecule has 0 aliphatic carbocycles. The third kappa shape index (κ3) is 4.44. The Hall–Kier alpha value is -3.38. The van der Waals surface area contributed by atoms with Crippen molar-refractivity contribution >= 4 is 34.1 Å². The highest BCUT2D eigenvalue weighted by Gasteiger charge is 2.29. The van der Waals surface area contributed by atoms with E-state index in [1.807, 2.05) is 72.6 Å². The van der Waals surface area contributed by atoms with Crippen molar-refractivity contribution in [2.75, 3.05) is 13.1 Å². The highest BCUT2D eigenvalue weighted by Crippen LogP contribution is 2.28. The molecular formula is C27H27N3O2S. The van der Waals surface area contributed by atoms with E-state index in [4.69, 9.17) is 0 Å². The number of nitrogens with one attached hydrogen (secondary N) is 1. The first-order chi connectivity index (χ1) is 16.1. The van der Waals surface area contributed by atoms with Gasteiger partial charge in [-0.25, -0.2) is 0 Å². The summed E-state index contributed by atoms with van der Waals surface area (Å²) in [4.78, 5) is 28.5. The summed E-state index contributed by atoms with van der Waals surface area (Å²) in [5.41, 5.74) is 2.23. The van der Waals surface area contributed by atoms with E-state index >= 15 is 0 Å². The van der Waals surface area contributed by atoms with E-state index < -0.39 is 0 Å². The van der Waals surface area contributed by atoms with Crippen molar-refractivity contribution in [3.63, 3.8) is 0 Å². The second-order valence-electron chi connectivity index (χ2n) is 8.59. The number of nitrogens with zero attached hydrogens (tertiary/aromatic N) is 2. The molecule has 1 N–H and O–H groups in total. The highest BCUT2D eigenvalue weighted by atomic mass is 32.1. The van der Waals surface area contributed by atoms with Crippen molar-refractivity contribution in [2.24, 2.45) is 5.92 Å². The Morgan fingerprint density at radius 3 is 2.45 bits per heavy atom. The molecule has 2 aromatic carbocycles. The summed E-state index contributed by atoms with van der Waals surface area (Å²) in [6.45, 7) is 3.22. The SMILES string of the molecule is C[C@H](NC(=O)C1CCN(C(=O)c2ccc(-n3ccc4ccccc43)s2)CC1)c1ccccc1. The molecule has 1 aliphatic rings. The Labute approximate surface area is 197 Å². The van der Waals surface area contributed by atoms with Gasteiger partial charge in [0, 0.05) is 25.2 Å². The molecule has 5 nitrogen and oxygen atoms in total. The zero-order valence-corrected chi connectivity index (χ0v) is 19.4. The number of rotatable bonds is 5. The van der Waals surface area contributed by atoms with Gasteiger partial charge in [-0.3, -0.25) is 9.59 Å². The van der Waals surface area contributed by atoms with Crippen LogP contribution in [0.1, 0.15) is 41.0 Å². The van der Waals surface area contributed by atoms with Crippen molar-refractivity contribution in [3.05, 3.63) is 89.4 Å². The van der Waals surface area contributed by atoms with E-state index in [9.17, 15) is 9.59 Å². The van der Waals surface area contributed by atoms with Gasteiger partial charge < -0.3 is 14.8 Å². The fourth-order valence-corrected chi connectivity index (χ4v) is 5.48. The van der Waals surface area contributed by atoms with Crippen LogP contribution in [0, 0.1) is 5.92 Å². The highest BCUT2D eigenvalue weighted by molar-refractivity contribution is 7.16. The van der Waals surface area contributed by atoms with Crippen LogP contribution in [0.4, 0.5) is 0 Å². The molecule has 1 fully saturated rings. The number of thiophene rings is 1. The summed E-state index contributed by atoms with van der Waals surface area (Å²) in [5, 5.41) is 5.34. The van der Waals surface area contributed by atoms with Crippen LogP contribution in [0.15, 0.2) is 79.0 Å². The molecule has 0 bridgehead atoms. The van der Waals surface area contributed by atoms with Crippen molar-refractivity contribution in [1.29, 1.82) is 0 Å². The van der Waals surface area contributed by atoms with Gasteiger partial charge in [0.1, 0.15) is 5.00 Å². The normalized spacial score (nSPS) is 15.5. The summed E-state index contributed by atoms with van der Waals surface area (Å²) in [7, 11) is 0. The third-order valence-electron chi connectivity index (χ3n) is 6.45. The summed E-state index contributed by atoms with van der Waals surface area (Å²) < 4.78 is 2.13. The van der Waals surface area contributed by atoms with E-state index in [-0.39, 0.29) is 23.8 Å². The van der Waals surface area contributed by atoms with Crippen LogP contribution < -0.4 is 5.32 Å². The van der Waals surface area contributed by atoms with Crippen molar-refractivity contribution in [2.45, 2.75) is 25.8 Å². The first kappa shape index (κ1) is 21.5. The Morgan fingerprint density at radius 1 is 0.939 bits per heavy atom. The van der Waals surface area contributed by atoms with Gasteiger partial charge in [-0.05, 0) is 55.0 Å². The predicted molar refractivity (Wildman–Crippen MR) is 133 cm³/mol. The Balaban J connectivity index is 1.19. The number of carbonyl (C=O) groups is 2. The average Bonchev–Trinajstić information content (AvgIpc) is 3.51. The Morgan fingerprint density at radius 2 is 1.67 bits per heavy atom. The number of likely N-dealkylation sites (tertiary alicyclic amines) is 1. The van der Waals surface area contributed by atoms with E-state index in [1.165, 1.54) is 16.7 Å². The second-order valence-corrected chi connectivity index (χ2v) is 9.65. The number of benzene rings is 2. The first-order valence-corrected chi connectivity index (χ1v) is 12.2. The van der Waals surface area contributed by atoms with Gasteiger partial charge in [0.25, 0.3) is 5.91 Å². The van der Waals surface area contributed by atoms with Crippen molar-refractivity contribution in [3.8, 4) is 5.00 Å². The molecular weight excluding hydrogens is 430 g/mol. The smallest absolute Gasteiger partial charge is 0.263 e. The average molecular weight is 458 g/mol. The molecule has 0 spiro atoms. The van der Waals surface area contributed by atoms with Gasteiger partial charge in [0.05, 0.1) is 16.4 Å². The summed E-state index contributed by atoms with van der Waals surface area (Å²) in [6, 6.07) is 24.2. The maximum absolute atomic E-state index is 13.1. The molecule has 1 atom stereocenters. The Bertz CT molecular complexity index is 1270. The predicted octanol–water partition coefficient (Wildman–Crippen LogP) is 5.42. The largest absolute Gasteiger partial charge is 0.349 e. The molecule has 1 saturated heterocycles. The molecule has 4 aromatic rings. The summed E-state index contributed by atoms with van der Waals surface area (Å²) in [6.07, 6.45) is 3.43. The minimum atomic E-state index is -0.0506. The minimum Gasteiger partial charge on any atom is -0.349 e. The number of fused-ring (bicyclic) bond motifs is 1. The summed E-state index contributed by atoms with van der Waals surface area (Å²) in [5.74, 6) is 0.0842. The Kier molecular flexibility index (Phi) is 6.01. The molecule has 168 valence electrons. The number of piperidine rings is 1. The molecule has 5 rings (SSSR count). The molecule has 0 unspecified atom stereocenters. The van der Waals surface area contributed by atoms with Gasteiger partial charge in [-0.15, -0.1) is 11.3 Å². The van der Waals surface area contributed by atoms with Crippen LogP contribution in [0.3, 0.4) is 0 Å². The van der Waals surface area contributed by atoms with Crippen LogP contribution >= 0.6 is 11.3 Å².